The smallest absolute Gasteiger partial charge is 0.0701 e. The van der Waals surface area contributed by atoms with Gasteiger partial charge in [0.1, 0.15) is 0 Å². The minimum Gasteiger partial charge on any atom is -0.379 e. The Morgan fingerprint density at radius 3 is 0.338 bits per heavy atom. The topological polar surface area (TPSA) is 224 Å². The van der Waals surface area contributed by atoms with Crippen LogP contribution in [0.3, 0.4) is 0 Å². The summed E-state index contributed by atoms with van der Waals surface area (Å²) in [5.74, 6) is 0. The maximum atomic E-state index is 5.52. The quantitative estimate of drug-likeness (QED) is 0.0839. The number of hydrogen-bond acceptors (Lipinski definition) is 24. The normalized spacial score (nSPS) is 11.8. The summed E-state index contributed by atoms with van der Waals surface area (Å²) in [6, 6.07) is 0. The van der Waals surface area contributed by atoms with E-state index in [0.717, 1.165) is 19.6 Å². The van der Waals surface area contributed by atoms with Gasteiger partial charge in [0.05, 0.1) is 297 Å². The molecule has 0 heterocycles. The third-order valence-electron chi connectivity index (χ3n) is 9.03. The summed E-state index contributed by atoms with van der Waals surface area (Å²) in [5, 5.41) is 3.02. The van der Waals surface area contributed by atoms with Gasteiger partial charge < -0.3 is 114 Å². The highest BCUT2D eigenvalue weighted by molar-refractivity contribution is 4.43. The first kappa shape index (κ1) is 73.0. The van der Waals surface area contributed by atoms with E-state index in [1.165, 1.54) is 0 Å². The van der Waals surface area contributed by atoms with Crippen molar-refractivity contribution in [1.29, 1.82) is 0 Å². The van der Waals surface area contributed by atoms with Gasteiger partial charge in [-0.15, -0.1) is 0 Å². The van der Waals surface area contributed by atoms with E-state index in [0.29, 0.717) is 297 Å². The molecule has 446 valence electrons. The highest BCUT2D eigenvalue weighted by Gasteiger charge is 2.00. The molecule has 0 fully saturated rings. The van der Waals surface area contributed by atoms with Crippen molar-refractivity contribution in [2.24, 2.45) is 0 Å². The SMILES string of the molecule is CCCOCCOCCOCCOCCOCCOCCOCCOCCOCCOCCOCCOCCOCCOCCOCCOCCOCCOCCOCCOCCOCCOCCOCCNC. The van der Waals surface area contributed by atoms with Crippen LogP contribution in [0.1, 0.15) is 13.3 Å². The van der Waals surface area contributed by atoms with E-state index in [4.69, 9.17) is 109 Å². The van der Waals surface area contributed by atoms with Crippen molar-refractivity contribution in [2.75, 3.05) is 318 Å². The Labute approximate surface area is 444 Å². The summed E-state index contributed by atoms with van der Waals surface area (Å²) in [4.78, 5) is 0. The largest absolute Gasteiger partial charge is 0.379 e. The van der Waals surface area contributed by atoms with Crippen LogP contribution in [0.4, 0.5) is 0 Å². The lowest BCUT2D eigenvalue weighted by Crippen LogP contribution is -2.17. The van der Waals surface area contributed by atoms with Crippen LogP contribution in [0.2, 0.25) is 0 Å². The van der Waals surface area contributed by atoms with Gasteiger partial charge in [-0.1, -0.05) is 6.92 Å². The number of rotatable bonds is 71. The van der Waals surface area contributed by atoms with Gasteiger partial charge in [0.25, 0.3) is 0 Å². The zero-order valence-corrected chi connectivity index (χ0v) is 45.8. The van der Waals surface area contributed by atoms with Gasteiger partial charge in [-0.05, 0) is 13.5 Å². The maximum Gasteiger partial charge on any atom is 0.0701 e. The van der Waals surface area contributed by atoms with E-state index in [-0.39, 0.29) is 0 Å². The molecular formula is C50H103NO23. The van der Waals surface area contributed by atoms with Crippen LogP contribution in [-0.2, 0) is 109 Å². The molecule has 1 N–H and O–H groups in total. The molecule has 0 rings (SSSR count). The molecule has 0 aliphatic carbocycles. The van der Waals surface area contributed by atoms with Gasteiger partial charge in [-0.3, -0.25) is 0 Å². The first-order valence-electron chi connectivity index (χ1n) is 26.8. The van der Waals surface area contributed by atoms with Crippen molar-refractivity contribution in [3.63, 3.8) is 0 Å². The molecule has 0 saturated carbocycles. The van der Waals surface area contributed by atoms with Crippen molar-refractivity contribution < 1.29 is 109 Å². The molecule has 0 saturated heterocycles. The summed E-state index contributed by atoms with van der Waals surface area (Å²) in [6.45, 7) is 26.9. The van der Waals surface area contributed by atoms with Crippen molar-refractivity contribution >= 4 is 0 Å². The molecule has 0 aliphatic rings. The van der Waals surface area contributed by atoms with Crippen molar-refractivity contribution in [1.82, 2.24) is 5.32 Å². The molecule has 0 spiro atoms. The maximum absolute atomic E-state index is 5.52. The molecule has 24 nitrogen and oxygen atoms in total. The minimum atomic E-state index is 0.490. The van der Waals surface area contributed by atoms with Crippen LogP contribution in [-0.4, -0.2) is 318 Å². The fraction of sp³-hybridized carbons (Fsp3) is 1.00. The standard InChI is InChI=1S/C50H103NO23/c1-3-5-52-7-9-54-11-13-56-15-17-58-19-21-60-23-25-62-27-29-64-31-33-66-35-37-68-39-41-70-43-45-72-47-49-74-50-48-73-46-44-71-42-40-69-38-36-67-34-32-65-30-28-63-26-24-61-22-20-59-18-16-57-14-12-55-10-8-53-6-4-51-2/h51H,3-50H2,1-2H3. The van der Waals surface area contributed by atoms with Crippen molar-refractivity contribution in [2.45, 2.75) is 13.3 Å². The summed E-state index contributed by atoms with van der Waals surface area (Å²) in [5.41, 5.74) is 0. The van der Waals surface area contributed by atoms with E-state index >= 15 is 0 Å². The number of ether oxygens (including phenoxy) is 23. The molecule has 0 aromatic rings. The summed E-state index contributed by atoms with van der Waals surface area (Å²) >= 11 is 0. The zero-order valence-electron chi connectivity index (χ0n) is 45.8. The van der Waals surface area contributed by atoms with E-state index in [1.807, 2.05) is 7.05 Å². The van der Waals surface area contributed by atoms with Gasteiger partial charge in [0, 0.05) is 13.2 Å². The lowest BCUT2D eigenvalue weighted by Gasteiger charge is -2.09. The van der Waals surface area contributed by atoms with E-state index in [2.05, 4.69) is 12.2 Å². The van der Waals surface area contributed by atoms with Gasteiger partial charge in [0.2, 0.25) is 0 Å². The average molecular weight is 1090 g/mol. The van der Waals surface area contributed by atoms with Crippen LogP contribution in [0, 0.1) is 0 Å². The van der Waals surface area contributed by atoms with E-state index < -0.39 is 0 Å². The monoisotopic (exact) mass is 1090 g/mol. The Hall–Kier alpha value is -0.960. The molecular weight excluding hydrogens is 983 g/mol. The number of likely N-dealkylation sites (N-methyl/N-ethyl adjacent to an activating group) is 1. The van der Waals surface area contributed by atoms with Crippen LogP contribution >= 0.6 is 0 Å². The van der Waals surface area contributed by atoms with E-state index in [1.54, 1.807) is 0 Å². The minimum absolute atomic E-state index is 0.490. The Bertz CT molecular complexity index is 890. The molecule has 24 heteroatoms. The molecule has 0 amide bonds. The average Bonchev–Trinajstić information content (AvgIpc) is 3.41. The summed E-state index contributed by atoms with van der Waals surface area (Å²) in [6.07, 6.45) is 1.02. The van der Waals surface area contributed by atoms with Gasteiger partial charge >= 0.3 is 0 Å². The lowest BCUT2D eigenvalue weighted by molar-refractivity contribution is -0.0318. The fourth-order valence-electron chi connectivity index (χ4n) is 5.26. The van der Waals surface area contributed by atoms with Gasteiger partial charge in [-0.2, -0.15) is 0 Å². The molecule has 0 bridgehead atoms. The van der Waals surface area contributed by atoms with Gasteiger partial charge in [0.15, 0.2) is 0 Å². The summed E-state index contributed by atoms with van der Waals surface area (Å²) < 4.78 is 126. The predicted molar refractivity (Wildman–Crippen MR) is 273 cm³/mol. The first-order valence-corrected chi connectivity index (χ1v) is 26.8. The highest BCUT2D eigenvalue weighted by atomic mass is 16.6. The second kappa shape index (κ2) is 72.0. The summed E-state index contributed by atoms with van der Waals surface area (Å²) in [7, 11) is 1.89. The Morgan fingerprint density at radius 1 is 0.149 bits per heavy atom. The Balaban J connectivity index is 3.07. The molecule has 0 aromatic heterocycles. The fourth-order valence-corrected chi connectivity index (χ4v) is 5.26. The Morgan fingerprint density at radius 2 is 0.243 bits per heavy atom. The number of nitrogens with one attached hydrogen (secondary N) is 1. The first-order chi connectivity index (χ1) is 36.9. The Kier molecular flexibility index (Phi) is 71.1. The van der Waals surface area contributed by atoms with Gasteiger partial charge in [-0.25, -0.2) is 0 Å². The second-order valence-corrected chi connectivity index (χ2v) is 15.2. The van der Waals surface area contributed by atoms with Crippen molar-refractivity contribution in [3.05, 3.63) is 0 Å². The third kappa shape index (κ3) is 71.0. The van der Waals surface area contributed by atoms with Crippen LogP contribution in [0.5, 0.6) is 0 Å². The molecule has 74 heavy (non-hydrogen) atoms. The third-order valence-corrected chi connectivity index (χ3v) is 9.03. The molecule has 0 unspecified atom stereocenters. The molecule has 0 aromatic carbocycles. The number of hydrogen-bond donors (Lipinski definition) is 1. The molecule has 0 aliphatic heterocycles. The zero-order chi connectivity index (χ0) is 52.9. The second-order valence-electron chi connectivity index (χ2n) is 15.2. The van der Waals surface area contributed by atoms with E-state index in [9.17, 15) is 0 Å². The van der Waals surface area contributed by atoms with Crippen LogP contribution in [0.25, 0.3) is 0 Å². The molecule has 0 atom stereocenters. The van der Waals surface area contributed by atoms with Crippen molar-refractivity contribution in [3.8, 4) is 0 Å². The molecule has 0 radical (unpaired) electrons. The predicted octanol–water partition coefficient (Wildman–Crippen LogP) is 0.998. The van der Waals surface area contributed by atoms with Crippen LogP contribution in [0.15, 0.2) is 0 Å². The lowest BCUT2D eigenvalue weighted by atomic mass is 10.5. The highest BCUT2D eigenvalue weighted by Crippen LogP contribution is 1.91. The van der Waals surface area contributed by atoms with Crippen LogP contribution < -0.4 is 5.32 Å².